The molecular formula is C17H15Cl2NO4. The van der Waals surface area contributed by atoms with Crippen molar-refractivity contribution in [1.82, 2.24) is 0 Å². The third-order valence-electron chi connectivity index (χ3n) is 3.38. The van der Waals surface area contributed by atoms with Crippen LogP contribution in [0.15, 0.2) is 36.4 Å². The number of amides is 1. The van der Waals surface area contributed by atoms with E-state index in [2.05, 4.69) is 5.32 Å². The number of carbonyl (C=O) groups excluding carboxylic acids is 1. The molecule has 1 heterocycles. The number of benzene rings is 2. The summed E-state index contributed by atoms with van der Waals surface area (Å²) in [6.45, 7) is 2.63. The van der Waals surface area contributed by atoms with Crippen LogP contribution in [-0.4, -0.2) is 25.2 Å². The zero-order chi connectivity index (χ0) is 17.1. The highest BCUT2D eigenvalue weighted by molar-refractivity contribution is 6.34. The highest BCUT2D eigenvalue weighted by Crippen LogP contribution is 2.33. The van der Waals surface area contributed by atoms with Crippen LogP contribution in [0.25, 0.3) is 0 Å². The fourth-order valence-corrected chi connectivity index (χ4v) is 2.50. The van der Waals surface area contributed by atoms with Crippen LogP contribution >= 0.6 is 23.2 Å². The topological polar surface area (TPSA) is 56.8 Å². The fourth-order valence-electron chi connectivity index (χ4n) is 2.18. The molecule has 24 heavy (non-hydrogen) atoms. The lowest BCUT2D eigenvalue weighted by Gasteiger charge is -2.20. The monoisotopic (exact) mass is 367 g/mol. The fraction of sp³-hybridized carbons (Fsp3) is 0.235. The largest absolute Gasteiger partial charge is 0.486 e. The standard InChI is InChI=1S/C17H15Cl2NO4/c1-10(24-15-8-11(18)2-4-13(15)19)17(21)20-12-3-5-14-16(9-12)23-7-6-22-14/h2-5,8-10H,6-7H2,1H3,(H,20,21)/t10-/m1/s1. The molecular weight excluding hydrogens is 353 g/mol. The van der Waals surface area contributed by atoms with E-state index in [1.54, 1.807) is 43.3 Å². The molecule has 0 radical (unpaired) electrons. The first-order chi connectivity index (χ1) is 11.5. The Labute approximate surface area is 149 Å². The zero-order valence-corrected chi connectivity index (χ0v) is 14.4. The minimum absolute atomic E-state index is 0.317. The van der Waals surface area contributed by atoms with Crippen LogP contribution in [0, 0.1) is 0 Å². The van der Waals surface area contributed by atoms with E-state index in [0.29, 0.717) is 46.2 Å². The first kappa shape index (κ1) is 16.7. The molecule has 5 nitrogen and oxygen atoms in total. The molecule has 1 amide bonds. The number of halogens is 2. The van der Waals surface area contributed by atoms with Crippen LogP contribution < -0.4 is 19.5 Å². The van der Waals surface area contributed by atoms with Gasteiger partial charge >= 0.3 is 0 Å². The maximum Gasteiger partial charge on any atom is 0.265 e. The van der Waals surface area contributed by atoms with E-state index >= 15 is 0 Å². The van der Waals surface area contributed by atoms with Crippen LogP contribution in [-0.2, 0) is 4.79 Å². The van der Waals surface area contributed by atoms with Crippen LogP contribution in [0.2, 0.25) is 10.0 Å². The molecule has 7 heteroatoms. The number of fused-ring (bicyclic) bond motifs is 1. The van der Waals surface area contributed by atoms with E-state index in [-0.39, 0.29) is 5.91 Å². The highest BCUT2D eigenvalue weighted by Gasteiger charge is 2.18. The summed E-state index contributed by atoms with van der Waals surface area (Å²) in [5, 5.41) is 3.64. The molecule has 0 fully saturated rings. The van der Waals surface area contributed by atoms with Gasteiger partial charge in [-0.25, -0.2) is 0 Å². The number of carbonyl (C=O) groups is 1. The quantitative estimate of drug-likeness (QED) is 0.880. The van der Waals surface area contributed by atoms with Gasteiger partial charge in [0.1, 0.15) is 19.0 Å². The van der Waals surface area contributed by atoms with Gasteiger partial charge in [-0.1, -0.05) is 23.2 Å². The van der Waals surface area contributed by atoms with Crippen LogP contribution in [0.4, 0.5) is 5.69 Å². The third-order valence-corrected chi connectivity index (χ3v) is 3.92. The first-order valence-electron chi connectivity index (χ1n) is 7.35. The predicted octanol–water partition coefficient (Wildman–Crippen LogP) is 4.17. The average molecular weight is 368 g/mol. The van der Waals surface area contributed by atoms with Gasteiger partial charge in [0, 0.05) is 22.8 Å². The van der Waals surface area contributed by atoms with Gasteiger partial charge in [-0.2, -0.15) is 0 Å². The van der Waals surface area contributed by atoms with Gasteiger partial charge in [0.05, 0.1) is 5.02 Å². The van der Waals surface area contributed by atoms with Crippen molar-refractivity contribution in [1.29, 1.82) is 0 Å². The number of nitrogens with one attached hydrogen (secondary N) is 1. The summed E-state index contributed by atoms with van der Waals surface area (Å²) < 4.78 is 16.5. The number of hydrogen-bond acceptors (Lipinski definition) is 4. The smallest absolute Gasteiger partial charge is 0.265 e. The summed E-state index contributed by atoms with van der Waals surface area (Å²) >= 11 is 12.0. The molecule has 2 aromatic carbocycles. The van der Waals surface area contributed by atoms with E-state index in [1.807, 2.05) is 0 Å². The number of hydrogen-bond donors (Lipinski definition) is 1. The molecule has 2 aromatic rings. The molecule has 3 rings (SSSR count). The Morgan fingerprint density at radius 2 is 1.88 bits per heavy atom. The Hall–Kier alpha value is -2.11. The molecule has 0 bridgehead atoms. The maximum absolute atomic E-state index is 12.3. The van der Waals surface area contributed by atoms with E-state index in [0.717, 1.165) is 0 Å². The Kier molecular flexibility index (Phi) is 5.02. The van der Waals surface area contributed by atoms with Crippen molar-refractivity contribution in [3.8, 4) is 17.2 Å². The SMILES string of the molecule is C[C@@H](Oc1cc(Cl)ccc1Cl)C(=O)Nc1ccc2c(c1)OCCO2. The molecule has 0 saturated carbocycles. The van der Waals surface area contributed by atoms with Crippen LogP contribution in [0.1, 0.15) is 6.92 Å². The molecule has 0 unspecified atom stereocenters. The van der Waals surface area contributed by atoms with Crippen molar-refractivity contribution in [2.45, 2.75) is 13.0 Å². The Bertz CT molecular complexity index is 766. The maximum atomic E-state index is 12.3. The van der Waals surface area contributed by atoms with Gasteiger partial charge in [0.15, 0.2) is 17.6 Å². The van der Waals surface area contributed by atoms with Crippen molar-refractivity contribution < 1.29 is 19.0 Å². The lowest BCUT2D eigenvalue weighted by atomic mass is 10.2. The second-order valence-corrected chi connectivity index (χ2v) is 6.03. The summed E-state index contributed by atoms with van der Waals surface area (Å²) in [5.41, 5.74) is 0.594. The van der Waals surface area contributed by atoms with Gasteiger partial charge < -0.3 is 19.5 Å². The van der Waals surface area contributed by atoms with E-state index < -0.39 is 6.10 Å². The normalized spacial score (nSPS) is 14.0. The van der Waals surface area contributed by atoms with Crippen molar-refractivity contribution in [3.63, 3.8) is 0 Å². The second kappa shape index (κ2) is 7.20. The van der Waals surface area contributed by atoms with Crippen LogP contribution in [0.5, 0.6) is 17.2 Å². The molecule has 0 aromatic heterocycles. The minimum atomic E-state index is -0.755. The van der Waals surface area contributed by atoms with Crippen molar-refractivity contribution in [2.75, 3.05) is 18.5 Å². The number of rotatable bonds is 4. The van der Waals surface area contributed by atoms with Crippen molar-refractivity contribution in [3.05, 3.63) is 46.4 Å². The molecule has 126 valence electrons. The van der Waals surface area contributed by atoms with Crippen molar-refractivity contribution >= 4 is 34.8 Å². The summed E-state index contributed by atoms with van der Waals surface area (Å²) in [4.78, 5) is 12.3. The summed E-state index contributed by atoms with van der Waals surface area (Å²) in [6, 6.07) is 10.0. The second-order valence-electron chi connectivity index (χ2n) is 5.18. The Balaban J connectivity index is 1.67. The van der Waals surface area contributed by atoms with Gasteiger partial charge in [-0.05, 0) is 31.2 Å². The van der Waals surface area contributed by atoms with E-state index in [1.165, 1.54) is 0 Å². The van der Waals surface area contributed by atoms with Gasteiger partial charge in [-0.3, -0.25) is 4.79 Å². The van der Waals surface area contributed by atoms with Crippen LogP contribution in [0.3, 0.4) is 0 Å². The summed E-state index contributed by atoms with van der Waals surface area (Å²) in [7, 11) is 0. The van der Waals surface area contributed by atoms with E-state index in [9.17, 15) is 4.79 Å². The number of anilines is 1. The molecule has 1 atom stereocenters. The molecule has 0 saturated heterocycles. The number of ether oxygens (including phenoxy) is 3. The zero-order valence-electron chi connectivity index (χ0n) is 12.8. The average Bonchev–Trinajstić information content (AvgIpc) is 2.58. The Morgan fingerprint density at radius 3 is 2.67 bits per heavy atom. The molecule has 1 aliphatic rings. The Morgan fingerprint density at radius 1 is 1.12 bits per heavy atom. The first-order valence-corrected chi connectivity index (χ1v) is 8.11. The molecule has 1 aliphatic heterocycles. The predicted molar refractivity (Wildman–Crippen MR) is 92.6 cm³/mol. The van der Waals surface area contributed by atoms with Crippen molar-refractivity contribution in [2.24, 2.45) is 0 Å². The summed E-state index contributed by atoms with van der Waals surface area (Å²) in [6.07, 6.45) is -0.755. The van der Waals surface area contributed by atoms with Gasteiger partial charge in [0.25, 0.3) is 5.91 Å². The molecule has 1 N–H and O–H groups in total. The molecule has 0 spiro atoms. The van der Waals surface area contributed by atoms with Gasteiger partial charge in [-0.15, -0.1) is 0 Å². The third kappa shape index (κ3) is 3.86. The summed E-state index contributed by atoms with van der Waals surface area (Å²) in [5.74, 6) is 1.30. The molecule has 0 aliphatic carbocycles. The van der Waals surface area contributed by atoms with Gasteiger partial charge in [0.2, 0.25) is 0 Å². The minimum Gasteiger partial charge on any atom is -0.486 e. The highest BCUT2D eigenvalue weighted by atomic mass is 35.5. The lowest BCUT2D eigenvalue weighted by Crippen LogP contribution is -2.30. The van der Waals surface area contributed by atoms with E-state index in [4.69, 9.17) is 37.4 Å². The lowest BCUT2D eigenvalue weighted by molar-refractivity contribution is -0.122.